The molecule has 5 nitrogen and oxygen atoms in total. The maximum absolute atomic E-state index is 10.7. The van der Waals surface area contributed by atoms with Gasteiger partial charge >= 0.3 is 5.97 Å². The van der Waals surface area contributed by atoms with Gasteiger partial charge in [0.25, 0.3) is 5.76 Å². The monoisotopic (exact) mass is 180 g/mol. The molecule has 0 saturated heterocycles. The predicted octanol–water partition coefficient (Wildman–Crippen LogP) is 1.17. The summed E-state index contributed by atoms with van der Waals surface area (Å²) in [5, 5.41) is 12.4. The van der Waals surface area contributed by atoms with Gasteiger partial charge in [0.05, 0.1) is 0 Å². The van der Waals surface area contributed by atoms with E-state index < -0.39 is 5.97 Å². The summed E-state index contributed by atoms with van der Waals surface area (Å²) in [6, 6.07) is 1.78. The van der Waals surface area contributed by atoms with E-state index in [1.807, 2.05) is 6.92 Å². The minimum Gasteiger partial charge on any atom is -0.475 e. The SMILES string of the molecule is Cc1cc2noc(C(=O)O)c2n1C. The second-order valence-corrected chi connectivity index (χ2v) is 2.90. The number of nitrogens with zero attached hydrogens (tertiary/aromatic N) is 2. The first-order chi connectivity index (χ1) is 6.11. The first kappa shape index (κ1) is 7.85. The van der Waals surface area contributed by atoms with Gasteiger partial charge in [-0.25, -0.2) is 4.79 Å². The van der Waals surface area contributed by atoms with E-state index in [9.17, 15) is 4.79 Å². The Bertz CT molecular complexity index is 481. The number of aromatic carboxylic acids is 1. The molecule has 0 aliphatic rings. The fourth-order valence-corrected chi connectivity index (χ4v) is 1.33. The lowest BCUT2D eigenvalue weighted by molar-refractivity contribution is 0.0654. The van der Waals surface area contributed by atoms with Gasteiger partial charge in [-0.3, -0.25) is 0 Å². The van der Waals surface area contributed by atoms with E-state index in [-0.39, 0.29) is 5.76 Å². The standard InChI is InChI=1S/C8H8N2O3/c1-4-3-5-6(10(4)2)7(8(11)12)13-9-5/h3H,1-2H3,(H,11,12). The third-order valence-corrected chi connectivity index (χ3v) is 2.10. The molecule has 2 heterocycles. The van der Waals surface area contributed by atoms with Crippen LogP contribution in [-0.2, 0) is 7.05 Å². The quantitative estimate of drug-likeness (QED) is 0.715. The van der Waals surface area contributed by atoms with Crippen molar-refractivity contribution in [3.05, 3.63) is 17.5 Å². The lowest BCUT2D eigenvalue weighted by Crippen LogP contribution is -1.98. The summed E-state index contributed by atoms with van der Waals surface area (Å²) in [6.07, 6.45) is 0. The zero-order chi connectivity index (χ0) is 9.59. The van der Waals surface area contributed by atoms with E-state index in [0.29, 0.717) is 11.0 Å². The molecule has 0 amide bonds. The Morgan fingerprint density at radius 1 is 1.69 bits per heavy atom. The molecule has 0 bridgehead atoms. The van der Waals surface area contributed by atoms with Crippen molar-refractivity contribution >= 4 is 17.0 Å². The summed E-state index contributed by atoms with van der Waals surface area (Å²) in [5.74, 6) is -1.20. The van der Waals surface area contributed by atoms with Gasteiger partial charge in [0.2, 0.25) is 0 Å². The van der Waals surface area contributed by atoms with Gasteiger partial charge in [-0.2, -0.15) is 0 Å². The van der Waals surface area contributed by atoms with Gasteiger partial charge in [0.15, 0.2) is 0 Å². The highest BCUT2D eigenvalue weighted by Crippen LogP contribution is 2.21. The van der Waals surface area contributed by atoms with Gasteiger partial charge in [0.1, 0.15) is 11.0 Å². The zero-order valence-corrected chi connectivity index (χ0v) is 7.24. The van der Waals surface area contributed by atoms with Crippen molar-refractivity contribution < 1.29 is 14.4 Å². The fourth-order valence-electron chi connectivity index (χ4n) is 1.33. The third-order valence-electron chi connectivity index (χ3n) is 2.10. The number of aryl methyl sites for hydroxylation is 2. The highest BCUT2D eigenvalue weighted by atomic mass is 16.5. The molecular formula is C8H8N2O3. The number of rotatable bonds is 1. The van der Waals surface area contributed by atoms with Gasteiger partial charge in [-0.1, -0.05) is 5.16 Å². The molecular weight excluding hydrogens is 172 g/mol. The second kappa shape index (κ2) is 2.35. The molecule has 1 N–H and O–H groups in total. The van der Waals surface area contributed by atoms with Crippen molar-refractivity contribution in [2.45, 2.75) is 6.92 Å². The lowest BCUT2D eigenvalue weighted by Gasteiger charge is -1.95. The van der Waals surface area contributed by atoms with Crippen molar-refractivity contribution in [1.29, 1.82) is 0 Å². The van der Waals surface area contributed by atoms with Crippen LogP contribution in [-0.4, -0.2) is 20.8 Å². The summed E-state index contributed by atoms with van der Waals surface area (Å²) in [5.41, 5.74) is 2.07. The number of hydrogen-bond donors (Lipinski definition) is 1. The molecule has 0 radical (unpaired) electrons. The topological polar surface area (TPSA) is 68.3 Å². The lowest BCUT2D eigenvalue weighted by atomic mass is 10.4. The molecule has 0 atom stereocenters. The molecule has 2 rings (SSSR count). The van der Waals surface area contributed by atoms with Crippen LogP contribution in [0, 0.1) is 6.92 Å². The number of fused-ring (bicyclic) bond motifs is 1. The average molecular weight is 180 g/mol. The van der Waals surface area contributed by atoms with Gasteiger partial charge in [-0.05, 0) is 13.0 Å². The highest BCUT2D eigenvalue weighted by Gasteiger charge is 2.19. The van der Waals surface area contributed by atoms with Crippen LogP contribution in [0.4, 0.5) is 0 Å². The van der Waals surface area contributed by atoms with E-state index in [4.69, 9.17) is 5.11 Å². The summed E-state index contributed by atoms with van der Waals surface area (Å²) >= 11 is 0. The summed E-state index contributed by atoms with van der Waals surface area (Å²) in [4.78, 5) is 10.7. The first-order valence-corrected chi connectivity index (χ1v) is 3.76. The predicted molar refractivity (Wildman–Crippen MR) is 44.7 cm³/mol. The highest BCUT2D eigenvalue weighted by molar-refractivity contribution is 5.98. The van der Waals surface area contributed by atoms with Crippen molar-refractivity contribution in [3.8, 4) is 0 Å². The molecule has 68 valence electrons. The minimum atomic E-state index is -1.09. The van der Waals surface area contributed by atoms with Crippen LogP contribution in [0.15, 0.2) is 10.6 Å². The van der Waals surface area contributed by atoms with Crippen LogP contribution in [0.2, 0.25) is 0 Å². The van der Waals surface area contributed by atoms with Crippen LogP contribution in [0.5, 0.6) is 0 Å². The molecule has 0 fully saturated rings. The molecule has 13 heavy (non-hydrogen) atoms. The second-order valence-electron chi connectivity index (χ2n) is 2.90. The van der Waals surface area contributed by atoms with E-state index in [2.05, 4.69) is 9.68 Å². The Kier molecular flexibility index (Phi) is 1.42. The third kappa shape index (κ3) is 0.932. The number of carboxylic acid groups (broad SMARTS) is 1. The zero-order valence-electron chi connectivity index (χ0n) is 7.24. The van der Waals surface area contributed by atoms with Crippen molar-refractivity contribution in [2.75, 3.05) is 0 Å². The molecule has 2 aromatic heterocycles. The fraction of sp³-hybridized carbons (Fsp3) is 0.250. The Morgan fingerprint density at radius 2 is 2.38 bits per heavy atom. The normalized spacial score (nSPS) is 10.9. The first-order valence-electron chi connectivity index (χ1n) is 3.76. The Morgan fingerprint density at radius 3 is 3.00 bits per heavy atom. The van der Waals surface area contributed by atoms with Crippen molar-refractivity contribution in [2.24, 2.45) is 7.05 Å². The number of carboxylic acids is 1. The van der Waals surface area contributed by atoms with Crippen LogP contribution >= 0.6 is 0 Å². The smallest absolute Gasteiger partial charge is 0.376 e. The van der Waals surface area contributed by atoms with Gasteiger partial charge in [-0.15, -0.1) is 0 Å². The van der Waals surface area contributed by atoms with Gasteiger partial charge in [0, 0.05) is 12.7 Å². The van der Waals surface area contributed by atoms with Crippen molar-refractivity contribution in [3.63, 3.8) is 0 Å². The summed E-state index contributed by atoms with van der Waals surface area (Å²) in [7, 11) is 1.78. The Balaban J connectivity index is 2.85. The number of hydrogen-bond acceptors (Lipinski definition) is 3. The van der Waals surface area contributed by atoms with E-state index >= 15 is 0 Å². The maximum atomic E-state index is 10.7. The number of aromatic nitrogens is 2. The molecule has 0 aliphatic heterocycles. The van der Waals surface area contributed by atoms with Gasteiger partial charge < -0.3 is 14.2 Å². The molecule has 5 heteroatoms. The van der Waals surface area contributed by atoms with Crippen LogP contribution < -0.4 is 0 Å². The minimum absolute atomic E-state index is 0.106. The Hall–Kier alpha value is -1.78. The molecule has 0 aliphatic carbocycles. The van der Waals surface area contributed by atoms with Crippen molar-refractivity contribution in [1.82, 2.24) is 9.72 Å². The average Bonchev–Trinajstić information content (AvgIpc) is 2.55. The number of carbonyl (C=O) groups is 1. The molecule has 0 unspecified atom stereocenters. The van der Waals surface area contributed by atoms with E-state index in [1.165, 1.54) is 0 Å². The van der Waals surface area contributed by atoms with Crippen LogP contribution in [0.25, 0.3) is 11.0 Å². The van der Waals surface area contributed by atoms with Crippen LogP contribution in [0.3, 0.4) is 0 Å². The molecule has 2 aromatic rings. The summed E-state index contributed by atoms with van der Waals surface area (Å²) in [6.45, 7) is 1.88. The summed E-state index contributed by atoms with van der Waals surface area (Å²) < 4.78 is 6.43. The maximum Gasteiger partial charge on any atom is 0.376 e. The molecule has 0 aromatic carbocycles. The largest absolute Gasteiger partial charge is 0.475 e. The van der Waals surface area contributed by atoms with E-state index in [0.717, 1.165) is 5.69 Å². The van der Waals surface area contributed by atoms with Crippen LogP contribution in [0.1, 0.15) is 16.2 Å². The molecule has 0 saturated carbocycles. The molecule has 0 spiro atoms. The Labute approximate surface area is 73.5 Å². The van der Waals surface area contributed by atoms with E-state index in [1.54, 1.807) is 17.7 Å².